The number of anilines is 1. The molecule has 0 atom stereocenters. The quantitative estimate of drug-likeness (QED) is 0.719. The molecule has 0 saturated carbocycles. The molecular formula is C11H11N7. The van der Waals surface area contributed by atoms with Crippen molar-refractivity contribution in [3.05, 3.63) is 30.4 Å². The van der Waals surface area contributed by atoms with Gasteiger partial charge in [-0.1, -0.05) is 0 Å². The van der Waals surface area contributed by atoms with E-state index in [9.17, 15) is 0 Å². The highest BCUT2D eigenvalue weighted by molar-refractivity contribution is 5.87. The topological polar surface area (TPSA) is 81.4 Å². The van der Waals surface area contributed by atoms with E-state index in [1.807, 2.05) is 26.1 Å². The Kier molecular flexibility index (Phi) is 2.36. The molecule has 0 radical (unpaired) electrons. The fourth-order valence-corrected chi connectivity index (χ4v) is 1.78. The van der Waals surface area contributed by atoms with Crippen LogP contribution in [0.4, 0.5) is 5.82 Å². The van der Waals surface area contributed by atoms with Crippen molar-refractivity contribution in [2.24, 2.45) is 0 Å². The highest BCUT2D eigenvalue weighted by Gasteiger charge is 2.12. The third-order valence-electron chi connectivity index (χ3n) is 2.55. The molecular weight excluding hydrogens is 230 g/mol. The zero-order valence-electron chi connectivity index (χ0n) is 9.99. The highest BCUT2D eigenvalue weighted by Crippen LogP contribution is 2.21. The predicted octanol–water partition coefficient (Wildman–Crippen LogP) is 0.956. The maximum absolute atomic E-state index is 4.40. The number of aryl methyl sites for hydroxylation is 1. The minimum atomic E-state index is 0.632. The predicted molar refractivity (Wildman–Crippen MR) is 66.5 cm³/mol. The number of rotatable bonds is 2. The van der Waals surface area contributed by atoms with Crippen LogP contribution >= 0.6 is 0 Å². The summed E-state index contributed by atoms with van der Waals surface area (Å²) in [4.78, 5) is 8.72. The maximum Gasteiger partial charge on any atom is 0.178 e. The molecule has 90 valence electrons. The molecule has 7 nitrogen and oxygen atoms in total. The van der Waals surface area contributed by atoms with Crippen molar-refractivity contribution in [1.29, 1.82) is 0 Å². The van der Waals surface area contributed by atoms with Crippen LogP contribution in [-0.2, 0) is 0 Å². The molecule has 3 rings (SSSR count). The Labute approximate surface area is 103 Å². The van der Waals surface area contributed by atoms with Crippen LogP contribution in [-0.4, -0.2) is 37.0 Å². The fourth-order valence-electron chi connectivity index (χ4n) is 1.78. The molecule has 7 heteroatoms. The third kappa shape index (κ3) is 1.56. The highest BCUT2D eigenvalue weighted by atomic mass is 15.4. The van der Waals surface area contributed by atoms with E-state index >= 15 is 0 Å². The Morgan fingerprint density at radius 1 is 1.28 bits per heavy atom. The van der Waals surface area contributed by atoms with Crippen LogP contribution in [0.1, 0.15) is 5.82 Å². The molecule has 0 amide bonds. The van der Waals surface area contributed by atoms with Gasteiger partial charge in [-0.2, -0.15) is 14.9 Å². The lowest BCUT2D eigenvalue weighted by molar-refractivity contribution is 0.824. The van der Waals surface area contributed by atoms with Crippen molar-refractivity contribution in [1.82, 2.24) is 29.9 Å². The first-order valence-corrected chi connectivity index (χ1v) is 5.48. The Balaban J connectivity index is 2.30. The molecule has 0 unspecified atom stereocenters. The van der Waals surface area contributed by atoms with Gasteiger partial charge in [0.15, 0.2) is 11.5 Å². The summed E-state index contributed by atoms with van der Waals surface area (Å²) in [6.07, 6.45) is 3.34. The molecule has 1 N–H and O–H groups in total. The number of fused-ring (bicyclic) bond motifs is 1. The van der Waals surface area contributed by atoms with Crippen molar-refractivity contribution in [2.75, 3.05) is 12.4 Å². The van der Waals surface area contributed by atoms with Gasteiger partial charge in [-0.25, -0.2) is 9.97 Å². The summed E-state index contributed by atoms with van der Waals surface area (Å²) in [7, 11) is 1.82. The van der Waals surface area contributed by atoms with E-state index in [0.717, 1.165) is 11.2 Å². The van der Waals surface area contributed by atoms with Crippen LogP contribution in [0.5, 0.6) is 0 Å². The van der Waals surface area contributed by atoms with Gasteiger partial charge in [-0.3, -0.25) is 0 Å². The van der Waals surface area contributed by atoms with Gasteiger partial charge in [-0.05, 0) is 19.1 Å². The molecule has 0 spiro atoms. The van der Waals surface area contributed by atoms with Gasteiger partial charge in [0.05, 0.1) is 11.6 Å². The van der Waals surface area contributed by atoms with E-state index in [0.29, 0.717) is 17.3 Å². The summed E-state index contributed by atoms with van der Waals surface area (Å²) >= 11 is 0. The van der Waals surface area contributed by atoms with Crippen LogP contribution in [0.25, 0.3) is 16.9 Å². The summed E-state index contributed by atoms with van der Waals surface area (Å²) in [5.41, 5.74) is 0.715. The maximum atomic E-state index is 4.40. The van der Waals surface area contributed by atoms with Gasteiger partial charge in [-0.15, -0.1) is 5.10 Å². The lowest BCUT2D eigenvalue weighted by atomic mass is 10.4. The summed E-state index contributed by atoms with van der Waals surface area (Å²) in [5.74, 6) is 2.07. The minimum Gasteiger partial charge on any atom is -0.372 e. The van der Waals surface area contributed by atoms with Gasteiger partial charge in [0.25, 0.3) is 0 Å². The van der Waals surface area contributed by atoms with Gasteiger partial charge in [0.1, 0.15) is 11.6 Å². The van der Waals surface area contributed by atoms with Gasteiger partial charge >= 0.3 is 0 Å². The van der Waals surface area contributed by atoms with Gasteiger partial charge in [0, 0.05) is 13.2 Å². The number of nitrogens with one attached hydrogen (secondary N) is 1. The second kappa shape index (κ2) is 4.02. The Hall–Kier alpha value is -2.57. The van der Waals surface area contributed by atoms with Crippen LogP contribution in [0.3, 0.4) is 0 Å². The molecule has 0 aromatic carbocycles. The van der Waals surface area contributed by atoms with Crippen molar-refractivity contribution in [2.45, 2.75) is 6.92 Å². The number of hydrogen-bond acceptors (Lipinski definition) is 6. The molecule has 0 aliphatic heterocycles. The first kappa shape index (κ1) is 10.6. The largest absolute Gasteiger partial charge is 0.372 e. The van der Waals surface area contributed by atoms with Crippen LogP contribution in [0.2, 0.25) is 0 Å². The van der Waals surface area contributed by atoms with E-state index in [2.05, 4.69) is 30.6 Å². The average Bonchev–Trinajstić information content (AvgIpc) is 2.82. The van der Waals surface area contributed by atoms with Crippen molar-refractivity contribution in [3.63, 3.8) is 0 Å². The molecule has 0 bridgehead atoms. The molecule has 0 aliphatic carbocycles. The first-order chi connectivity index (χ1) is 8.79. The summed E-state index contributed by atoms with van der Waals surface area (Å²) in [5, 5.41) is 16.0. The van der Waals surface area contributed by atoms with E-state index < -0.39 is 0 Å². The molecule has 0 aliphatic rings. The Morgan fingerprint density at radius 3 is 2.89 bits per heavy atom. The molecule has 18 heavy (non-hydrogen) atoms. The molecule has 3 aromatic heterocycles. The molecule has 3 heterocycles. The third-order valence-corrected chi connectivity index (χ3v) is 2.55. The molecule has 0 saturated heterocycles. The standard InChI is InChI=1S/C11H11N7/c1-7-15-10(12-2)8-6-14-18(11(8)16-7)9-4-3-5-13-17-9/h3-6H,1-2H3,(H,12,15,16). The molecule has 3 aromatic rings. The van der Waals surface area contributed by atoms with Crippen LogP contribution in [0, 0.1) is 6.92 Å². The summed E-state index contributed by atoms with van der Waals surface area (Å²) in [6, 6.07) is 3.64. The van der Waals surface area contributed by atoms with E-state index in [1.165, 1.54) is 0 Å². The summed E-state index contributed by atoms with van der Waals surface area (Å²) in [6.45, 7) is 1.84. The lowest BCUT2D eigenvalue weighted by Gasteiger charge is -2.04. The number of nitrogens with zero attached hydrogens (tertiary/aromatic N) is 6. The number of hydrogen-bond donors (Lipinski definition) is 1. The fraction of sp³-hybridized carbons (Fsp3) is 0.182. The van der Waals surface area contributed by atoms with Gasteiger partial charge < -0.3 is 5.32 Å². The number of aromatic nitrogens is 6. The van der Waals surface area contributed by atoms with E-state index in [4.69, 9.17) is 0 Å². The second-order valence-corrected chi connectivity index (χ2v) is 3.74. The smallest absolute Gasteiger partial charge is 0.178 e. The Morgan fingerprint density at radius 2 is 2.17 bits per heavy atom. The molecule has 0 fully saturated rings. The van der Waals surface area contributed by atoms with Crippen LogP contribution in [0.15, 0.2) is 24.5 Å². The van der Waals surface area contributed by atoms with Gasteiger partial charge in [0.2, 0.25) is 0 Å². The summed E-state index contributed by atoms with van der Waals surface area (Å²) < 4.78 is 1.65. The van der Waals surface area contributed by atoms with Crippen molar-refractivity contribution in [3.8, 4) is 5.82 Å². The lowest BCUT2D eigenvalue weighted by Crippen LogP contribution is -2.03. The van der Waals surface area contributed by atoms with Crippen molar-refractivity contribution < 1.29 is 0 Å². The SMILES string of the molecule is CNc1nc(C)nc2c1cnn2-c1cccnn1. The Bertz CT molecular complexity index is 689. The van der Waals surface area contributed by atoms with Crippen LogP contribution < -0.4 is 5.32 Å². The zero-order chi connectivity index (χ0) is 12.5. The zero-order valence-corrected chi connectivity index (χ0v) is 9.99. The van der Waals surface area contributed by atoms with E-state index in [1.54, 1.807) is 17.1 Å². The normalized spacial score (nSPS) is 10.8. The minimum absolute atomic E-state index is 0.632. The van der Waals surface area contributed by atoms with Crippen molar-refractivity contribution >= 4 is 16.9 Å². The average molecular weight is 241 g/mol. The monoisotopic (exact) mass is 241 g/mol. The van der Waals surface area contributed by atoms with E-state index in [-0.39, 0.29) is 0 Å². The first-order valence-electron chi connectivity index (χ1n) is 5.48. The second-order valence-electron chi connectivity index (χ2n) is 3.74.